The number of piperidine rings is 1. The van der Waals surface area contributed by atoms with Gasteiger partial charge in [0.15, 0.2) is 0 Å². The van der Waals surface area contributed by atoms with Crippen LogP contribution < -0.4 is 0 Å². The summed E-state index contributed by atoms with van der Waals surface area (Å²) in [4.78, 5) is 20.9. The summed E-state index contributed by atoms with van der Waals surface area (Å²) in [5, 5.41) is 0. The molecule has 0 unspecified atom stereocenters. The maximum Gasteiger partial charge on any atom is 0.295 e. The number of amidine groups is 1. The smallest absolute Gasteiger partial charge is 0.295 e. The second kappa shape index (κ2) is 8.94. The van der Waals surface area contributed by atoms with E-state index in [0.29, 0.717) is 30.2 Å². The van der Waals surface area contributed by atoms with Crippen LogP contribution in [0.25, 0.3) is 0 Å². The van der Waals surface area contributed by atoms with Crippen molar-refractivity contribution in [2.75, 3.05) is 33.8 Å². The molecule has 1 fully saturated rings. The zero-order valence-corrected chi connectivity index (χ0v) is 15.5. The first-order valence-electron chi connectivity index (χ1n) is 8.79. The lowest BCUT2D eigenvalue weighted by Crippen LogP contribution is -2.45. The number of aliphatic imine (C=N–C) groups is 1. The van der Waals surface area contributed by atoms with E-state index in [-0.39, 0.29) is 5.82 Å². The maximum atomic E-state index is 13.0. The number of likely N-dealkylation sites (tertiary alicyclic amines) is 1. The standard InChI is InChI=1S/C19H28FN3O2/c1-14(2)13-25-19(23(4)17-9-11-22(3)12-10-17)21-18(24)15-5-7-16(20)8-6-15/h5-8,14,17H,9-13H2,1-4H3. The van der Waals surface area contributed by atoms with E-state index in [9.17, 15) is 9.18 Å². The summed E-state index contributed by atoms with van der Waals surface area (Å²) in [5.41, 5.74) is 0.351. The summed E-state index contributed by atoms with van der Waals surface area (Å²) < 4.78 is 18.9. The van der Waals surface area contributed by atoms with Gasteiger partial charge in [-0.2, -0.15) is 4.99 Å². The normalized spacial score (nSPS) is 17.0. The van der Waals surface area contributed by atoms with E-state index in [1.807, 2.05) is 11.9 Å². The van der Waals surface area contributed by atoms with Crippen LogP contribution in [0.15, 0.2) is 29.3 Å². The molecule has 0 spiro atoms. The van der Waals surface area contributed by atoms with Crippen molar-refractivity contribution >= 4 is 11.9 Å². The summed E-state index contributed by atoms with van der Waals surface area (Å²) >= 11 is 0. The van der Waals surface area contributed by atoms with Gasteiger partial charge in [0.1, 0.15) is 5.82 Å². The lowest BCUT2D eigenvalue weighted by molar-refractivity contribution is 0.0985. The molecule has 0 radical (unpaired) electrons. The predicted molar refractivity (Wildman–Crippen MR) is 97.2 cm³/mol. The Morgan fingerprint density at radius 3 is 2.48 bits per heavy atom. The molecule has 1 aromatic rings. The first-order chi connectivity index (χ1) is 11.9. The quantitative estimate of drug-likeness (QED) is 0.619. The first-order valence-corrected chi connectivity index (χ1v) is 8.79. The van der Waals surface area contributed by atoms with Crippen LogP contribution in [-0.2, 0) is 4.74 Å². The average Bonchev–Trinajstić information content (AvgIpc) is 2.59. The van der Waals surface area contributed by atoms with Gasteiger partial charge in [-0.1, -0.05) is 13.8 Å². The number of nitrogens with zero attached hydrogens (tertiary/aromatic N) is 3. The molecule has 1 aromatic carbocycles. The summed E-state index contributed by atoms with van der Waals surface area (Å²) in [5.74, 6) is -0.462. The van der Waals surface area contributed by atoms with Crippen LogP contribution in [0.5, 0.6) is 0 Å². The highest BCUT2D eigenvalue weighted by Gasteiger charge is 2.25. The van der Waals surface area contributed by atoms with E-state index in [4.69, 9.17) is 4.74 Å². The molecule has 138 valence electrons. The van der Waals surface area contributed by atoms with Crippen molar-refractivity contribution in [2.45, 2.75) is 32.7 Å². The number of carbonyl (C=O) groups is 1. The second-order valence-corrected chi connectivity index (χ2v) is 7.06. The van der Waals surface area contributed by atoms with Crippen molar-refractivity contribution in [1.29, 1.82) is 0 Å². The fourth-order valence-corrected chi connectivity index (χ4v) is 2.74. The Hall–Kier alpha value is -1.95. The van der Waals surface area contributed by atoms with Crippen LogP contribution in [0.3, 0.4) is 0 Å². The largest absolute Gasteiger partial charge is 0.465 e. The molecule has 0 bridgehead atoms. The molecule has 2 rings (SSSR count). The Kier molecular flexibility index (Phi) is 6.93. The maximum absolute atomic E-state index is 13.0. The Balaban J connectivity index is 2.15. The zero-order valence-electron chi connectivity index (χ0n) is 15.5. The lowest BCUT2D eigenvalue weighted by atomic mass is 10.0. The van der Waals surface area contributed by atoms with Gasteiger partial charge in [-0.15, -0.1) is 0 Å². The third-order valence-corrected chi connectivity index (χ3v) is 4.37. The molecule has 1 aliphatic heterocycles. The molecule has 0 N–H and O–H groups in total. The topological polar surface area (TPSA) is 45.1 Å². The molecular weight excluding hydrogens is 321 g/mol. The van der Waals surface area contributed by atoms with Gasteiger partial charge < -0.3 is 14.5 Å². The fraction of sp³-hybridized carbons (Fsp3) is 0.579. The van der Waals surface area contributed by atoms with Crippen molar-refractivity contribution in [3.05, 3.63) is 35.6 Å². The van der Waals surface area contributed by atoms with Gasteiger partial charge in [-0.3, -0.25) is 4.79 Å². The molecular formula is C19H28FN3O2. The van der Waals surface area contributed by atoms with Crippen molar-refractivity contribution in [3.63, 3.8) is 0 Å². The summed E-state index contributed by atoms with van der Waals surface area (Å²) in [6.45, 7) is 6.62. The van der Waals surface area contributed by atoms with Crippen LogP contribution >= 0.6 is 0 Å². The third-order valence-electron chi connectivity index (χ3n) is 4.37. The molecule has 25 heavy (non-hydrogen) atoms. The van der Waals surface area contributed by atoms with Gasteiger partial charge in [0.25, 0.3) is 11.9 Å². The van der Waals surface area contributed by atoms with E-state index in [2.05, 4.69) is 30.8 Å². The SMILES string of the molecule is CC(C)COC(=NC(=O)c1ccc(F)cc1)N(C)C1CCN(C)CC1. The molecule has 1 aliphatic rings. The molecule has 6 heteroatoms. The second-order valence-electron chi connectivity index (χ2n) is 7.06. The van der Waals surface area contributed by atoms with E-state index >= 15 is 0 Å². The minimum Gasteiger partial charge on any atom is -0.465 e. The van der Waals surface area contributed by atoms with E-state index in [0.717, 1.165) is 25.9 Å². The van der Waals surface area contributed by atoms with Gasteiger partial charge in [-0.25, -0.2) is 4.39 Å². The number of rotatable bonds is 4. The number of halogens is 1. The molecule has 0 saturated carbocycles. The van der Waals surface area contributed by atoms with Crippen LogP contribution in [0.1, 0.15) is 37.0 Å². The van der Waals surface area contributed by atoms with Crippen LogP contribution in [0.2, 0.25) is 0 Å². The van der Waals surface area contributed by atoms with Crippen LogP contribution in [0.4, 0.5) is 4.39 Å². The van der Waals surface area contributed by atoms with Crippen LogP contribution in [0, 0.1) is 11.7 Å². The minimum atomic E-state index is -0.418. The Bertz CT molecular complexity index is 593. The minimum absolute atomic E-state index is 0.295. The molecule has 1 amide bonds. The molecule has 0 aromatic heterocycles. The highest BCUT2D eigenvalue weighted by molar-refractivity contribution is 6.01. The van der Waals surface area contributed by atoms with Gasteiger partial charge >= 0.3 is 0 Å². The monoisotopic (exact) mass is 349 g/mol. The van der Waals surface area contributed by atoms with E-state index in [1.165, 1.54) is 24.3 Å². The number of benzene rings is 1. The van der Waals surface area contributed by atoms with Gasteiger partial charge in [-0.05, 0) is 63.2 Å². The number of carbonyl (C=O) groups excluding carboxylic acids is 1. The summed E-state index contributed by atoms with van der Waals surface area (Å²) in [6, 6.07) is 6.05. The summed E-state index contributed by atoms with van der Waals surface area (Å²) in [7, 11) is 4.03. The number of ether oxygens (including phenoxy) is 1. The van der Waals surface area contributed by atoms with Gasteiger partial charge in [0.2, 0.25) is 0 Å². The molecule has 1 heterocycles. The number of amides is 1. The third kappa shape index (κ3) is 5.81. The van der Waals surface area contributed by atoms with E-state index < -0.39 is 5.91 Å². The molecule has 0 atom stereocenters. The zero-order chi connectivity index (χ0) is 18.4. The van der Waals surface area contributed by atoms with Gasteiger partial charge in [0, 0.05) is 18.7 Å². The Morgan fingerprint density at radius 2 is 1.92 bits per heavy atom. The molecule has 5 nitrogen and oxygen atoms in total. The highest BCUT2D eigenvalue weighted by Crippen LogP contribution is 2.16. The first kappa shape index (κ1) is 19.4. The summed E-state index contributed by atoms with van der Waals surface area (Å²) in [6.07, 6.45) is 2.00. The lowest BCUT2D eigenvalue weighted by Gasteiger charge is -2.36. The number of hydrogen-bond acceptors (Lipinski definition) is 3. The van der Waals surface area contributed by atoms with Gasteiger partial charge in [0.05, 0.1) is 6.61 Å². The Labute approximate surface area is 149 Å². The van der Waals surface area contributed by atoms with Crippen molar-refractivity contribution in [1.82, 2.24) is 9.80 Å². The predicted octanol–water partition coefficient (Wildman–Crippen LogP) is 3.02. The average molecular weight is 349 g/mol. The molecule has 1 saturated heterocycles. The number of hydrogen-bond donors (Lipinski definition) is 0. The highest BCUT2D eigenvalue weighted by atomic mass is 19.1. The fourth-order valence-electron chi connectivity index (χ4n) is 2.74. The molecule has 0 aliphatic carbocycles. The van der Waals surface area contributed by atoms with Crippen molar-refractivity contribution in [2.24, 2.45) is 10.9 Å². The Morgan fingerprint density at radius 1 is 1.32 bits per heavy atom. The van der Waals surface area contributed by atoms with E-state index in [1.54, 1.807) is 0 Å². The van der Waals surface area contributed by atoms with Crippen molar-refractivity contribution < 1.29 is 13.9 Å². The van der Waals surface area contributed by atoms with Crippen molar-refractivity contribution in [3.8, 4) is 0 Å². The van der Waals surface area contributed by atoms with Crippen LogP contribution in [-0.4, -0.2) is 61.6 Å².